The molecule has 0 aromatic rings. The minimum Gasteiger partial charge on any atom is -0.480 e. The van der Waals surface area contributed by atoms with E-state index < -0.39 is 9.28 Å². The van der Waals surface area contributed by atoms with Gasteiger partial charge in [0.2, 0.25) is 0 Å². The number of allylic oxidation sites excluding steroid dienone is 1. The molecule has 0 saturated heterocycles. The van der Waals surface area contributed by atoms with E-state index in [1.807, 2.05) is 13.0 Å². The van der Waals surface area contributed by atoms with Crippen molar-refractivity contribution in [1.29, 1.82) is 0 Å². The highest BCUT2D eigenvalue weighted by Crippen LogP contribution is 2.11. The van der Waals surface area contributed by atoms with Crippen LogP contribution >= 0.6 is 0 Å². The molecule has 0 aliphatic carbocycles. The lowest BCUT2D eigenvalue weighted by atomic mass is 10.2. The second-order valence-corrected chi connectivity index (χ2v) is 5.42. The molecule has 0 fully saturated rings. The van der Waals surface area contributed by atoms with Crippen LogP contribution in [0.25, 0.3) is 0 Å². The number of hydrogen-bond donors (Lipinski definition) is 1. The standard InChI is InChI=1S/C10H22NO3Si/c1-6-9(11)14-10(7-8(2)3)15(12-4)13-5/h7-9H,6,11H2,1-5H3. The van der Waals surface area contributed by atoms with Gasteiger partial charge in [-0.25, -0.2) is 0 Å². The lowest BCUT2D eigenvalue weighted by Gasteiger charge is -2.19. The van der Waals surface area contributed by atoms with E-state index in [4.69, 9.17) is 19.3 Å². The van der Waals surface area contributed by atoms with Crippen molar-refractivity contribution >= 4 is 9.28 Å². The average molecular weight is 232 g/mol. The second kappa shape index (κ2) is 7.87. The SMILES string of the molecule is CCC(N)OC(=CC(C)C)[Si](OC)OC. The third-order valence-electron chi connectivity index (χ3n) is 1.74. The lowest BCUT2D eigenvalue weighted by molar-refractivity contribution is 0.116. The normalized spacial score (nSPS) is 14.8. The van der Waals surface area contributed by atoms with Gasteiger partial charge in [0.1, 0.15) is 11.6 Å². The molecule has 1 atom stereocenters. The van der Waals surface area contributed by atoms with E-state index in [0.29, 0.717) is 5.92 Å². The van der Waals surface area contributed by atoms with Gasteiger partial charge in [-0.1, -0.05) is 20.8 Å². The predicted octanol–water partition coefficient (Wildman–Crippen LogP) is 1.56. The minimum atomic E-state index is -1.50. The zero-order valence-corrected chi connectivity index (χ0v) is 11.2. The van der Waals surface area contributed by atoms with E-state index in [9.17, 15) is 0 Å². The first-order valence-electron chi connectivity index (χ1n) is 5.14. The van der Waals surface area contributed by atoms with Crippen LogP contribution in [0, 0.1) is 5.92 Å². The highest BCUT2D eigenvalue weighted by Gasteiger charge is 2.23. The molecule has 0 aliphatic heterocycles. The number of hydrogen-bond acceptors (Lipinski definition) is 4. The molecule has 2 N–H and O–H groups in total. The zero-order chi connectivity index (χ0) is 11.8. The van der Waals surface area contributed by atoms with E-state index in [-0.39, 0.29) is 6.23 Å². The van der Waals surface area contributed by atoms with Crippen LogP contribution in [0.3, 0.4) is 0 Å². The van der Waals surface area contributed by atoms with Crippen molar-refractivity contribution in [1.82, 2.24) is 0 Å². The molecule has 0 aromatic heterocycles. The summed E-state index contributed by atoms with van der Waals surface area (Å²) in [4.78, 5) is 0. The summed E-state index contributed by atoms with van der Waals surface area (Å²) < 4.78 is 16.1. The summed E-state index contributed by atoms with van der Waals surface area (Å²) in [5, 5.41) is 0.745. The number of rotatable bonds is 7. The lowest BCUT2D eigenvalue weighted by Crippen LogP contribution is -2.31. The molecule has 0 aliphatic rings. The first-order valence-corrected chi connectivity index (χ1v) is 6.46. The van der Waals surface area contributed by atoms with E-state index in [1.54, 1.807) is 14.2 Å². The topological polar surface area (TPSA) is 53.7 Å². The monoisotopic (exact) mass is 232 g/mol. The van der Waals surface area contributed by atoms with Gasteiger partial charge in [0.05, 0.1) is 0 Å². The molecule has 0 heterocycles. The van der Waals surface area contributed by atoms with E-state index in [2.05, 4.69) is 13.8 Å². The molecular formula is C10H22NO3Si. The number of ether oxygens (including phenoxy) is 1. The van der Waals surface area contributed by atoms with Crippen molar-refractivity contribution in [2.45, 2.75) is 33.4 Å². The van der Waals surface area contributed by atoms with Crippen LogP contribution < -0.4 is 5.73 Å². The van der Waals surface area contributed by atoms with Gasteiger partial charge in [-0.05, 0) is 18.4 Å². The minimum absolute atomic E-state index is 0.291. The Kier molecular flexibility index (Phi) is 7.68. The molecule has 15 heavy (non-hydrogen) atoms. The van der Waals surface area contributed by atoms with Crippen LogP contribution in [0.2, 0.25) is 0 Å². The van der Waals surface area contributed by atoms with Crippen molar-refractivity contribution in [2.24, 2.45) is 11.7 Å². The molecule has 89 valence electrons. The van der Waals surface area contributed by atoms with Gasteiger partial charge in [0.25, 0.3) is 0 Å². The fraction of sp³-hybridized carbons (Fsp3) is 0.800. The Hall–Kier alpha value is -0.363. The maximum Gasteiger partial charge on any atom is 0.461 e. The fourth-order valence-corrected chi connectivity index (χ4v) is 2.28. The van der Waals surface area contributed by atoms with Crippen LogP contribution in [0.4, 0.5) is 0 Å². The van der Waals surface area contributed by atoms with E-state index in [1.165, 1.54) is 0 Å². The largest absolute Gasteiger partial charge is 0.480 e. The van der Waals surface area contributed by atoms with Crippen molar-refractivity contribution < 1.29 is 13.6 Å². The molecule has 1 radical (unpaired) electrons. The predicted molar refractivity (Wildman–Crippen MR) is 62.0 cm³/mol. The summed E-state index contributed by atoms with van der Waals surface area (Å²) in [5.41, 5.74) is 5.74. The molecule has 0 rings (SSSR count). The van der Waals surface area contributed by atoms with Gasteiger partial charge in [-0.15, -0.1) is 0 Å². The summed E-state index contributed by atoms with van der Waals surface area (Å²) in [6.45, 7) is 6.13. The third kappa shape index (κ3) is 5.94. The Morgan fingerprint density at radius 1 is 1.33 bits per heavy atom. The van der Waals surface area contributed by atoms with Crippen molar-refractivity contribution in [2.75, 3.05) is 14.2 Å². The Morgan fingerprint density at radius 2 is 1.87 bits per heavy atom. The van der Waals surface area contributed by atoms with Crippen LogP contribution in [-0.4, -0.2) is 29.7 Å². The molecular weight excluding hydrogens is 210 g/mol. The highest BCUT2D eigenvalue weighted by atomic mass is 28.3. The Labute approximate surface area is 94.2 Å². The van der Waals surface area contributed by atoms with Gasteiger partial charge >= 0.3 is 9.28 Å². The quantitative estimate of drug-likeness (QED) is 0.411. The molecule has 0 spiro atoms. The van der Waals surface area contributed by atoms with E-state index in [0.717, 1.165) is 11.8 Å². The fourth-order valence-electron chi connectivity index (χ4n) is 0.989. The summed E-state index contributed by atoms with van der Waals surface area (Å²) in [6.07, 6.45) is 2.47. The average Bonchev–Trinajstić information content (AvgIpc) is 2.18. The zero-order valence-electron chi connectivity index (χ0n) is 10.2. The second-order valence-electron chi connectivity index (χ2n) is 3.54. The maximum atomic E-state index is 5.74. The summed E-state index contributed by atoms with van der Waals surface area (Å²) in [5.74, 6) is 0.384. The Bertz CT molecular complexity index is 193. The van der Waals surface area contributed by atoms with Crippen LogP contribution in [0.5, 0.6) is 0 Å². The van der Waals surface area contributed by atoms with Gasteiger partial charge in [-0.2, -0.15) is 0 Å². The van der Waals surface area contributed by atoms with Crippen molar-refractivity contribution in [3.63, 3.8) is 0 Å². The molecule has 0 amide bonds. The molecule has 1 unspecified atom stereocenters. The third-order valence-corrected chi connectivity index (χ3v) is 3.17. The first-order chi connectivity index (χ1) is 7.04. The van der Waals surface area contributed by atoms with Crippen LogP contribution in [-0.2, 0) is 13.6 Å². The Morgan fingerprint density at radius 3 is 2.20 bits per heavy atom. The van der Waals surface area contributed by atoms with Crippen LogP contribution in [0.1, 0.15) is 27.2 Å². The van der Waals surface area contributed by atoms with E-state index >= 15 is 0 Å². The number of nitrogens with two attached hydrogens (primary N) is 1. The van der Waals surface area contributed by atoms with Gasteiger partial charge in [-0.3, -0.25) is 5.73 Å². The summed E-state index contributed by atoms with van der Waals surface area (Å²) in [6, 6.07) is 0. The molecule has 0 aromatic carbocycles. The van der Waals surface area contributed by atoms with Gasteiger partial charge < -0.3 is 13.6 Å². The first kappa shape index (κ1) is 14.6. The van der Waals surface area contributed by atoms with Crippen LogP contribution in [0.15, 0.2) is 11.5 Å². The molecule has 0 saturated carbocycles. The molecule has 4 nitrogen and oxygen atoms in total. The summed E-state index contributed by atoms with van der Waals surface area (Å²) in [7, 11) is 1.73. The highest BCUT2D eigenvalue weighted by molar-refractivity contribution is 6.52. The smallest absolute Gasteiger partial charge is 0.461 e. The van der Waals surface area contributed by atoms with Gasteiger partial charge in [0, 0.05) is 14.2 Å². The molecule has 5 heteroatoms. The Balaban J connectivity index is 4.56. The molecule has 0 bridgehead atoms. The summed E-state index contributed by atoms with van der Waals surface area (Å²) >= 11 is 0. The maximum absolute atomic E-state index is 5.74. The van der Waals surface area contributed by atoms with Crippen molar-refractivity contribution in [3.05, 3.63) is 11.5 Å². The van der Waals surface area contributed by atoms with Crippen molar-refractivity contribution in [3.8, 4) is 0 Å². The van der Waals surface area contributed by atoms with Gasteiger partial charge in [0.15, 0.2) is 0 Å².